The molecule has 1 atom stereocenters. The first kappa shape index (κ1) is 13.2. The van der Waals surface area contributed by atoms with Crippen molar-refractivity contribution >= 4 is 5.91 Å². The van der Waals surface area contributed by atoms with Gasteiger partial charge >= 0.3 is 0 Å². The average Bonchev–Trinajstić information content (AvgIpc) is 2.53. The monoisotopic (exact) mass is 276 g/mol. The van der Waals surface area contributed by atoms with Crippen molar-refractivity contribution in [2.75, 3.05) is 33.4 Å². The summed E-state index contributed by atoms with van der Waals surface area (Å²) in [5.74, 6) is 1.30. The summed E-state index contributed by atoms with van der Waals surface area (Å²) in [6.07, 6.45) is 2.15. The van der Waals surface area contributed by atoms with Crippen molar-refractivity contribution in [2.24, 2.45) is 0 Å². The van der Waals surface area contributed by atoms with Gasteiger partial charge in [0.1, 0.15) is 13.2 Å². The summed E-state index contributed by atoms with van der Waals surface area (Å²) in [6, 6.07) is 5.89. The van der Waals surface area contributed by atoms with Crippen LogP contribution in [0, 0.1) is 0 Å². The molecule has 108 valence electrons. The van der Waals surface area contributed by atoms with E-state index in [1.165, 1.54) is 0 Å². The smallest absolute Gasteiger partial charge is 0.257 e. The first-order valence-corrected chi connectivity index (χ1v) is 7.14. The molecule has 0 spiro atoms. The number of ether oxygens (including phenoxy) is 2. The number of carbonyl (C=O) groups excluding carboxylic acids is 1. The summed E-state index contributed by atoms with van der Waals surface area (Å²) < 4.78 is 11.2. The molecule has 1 N–H and O–H groups in total. The van der Waals surface area contributed by atoms with Gasteiger partial charge in [0, 0.05) is 19.1 Å². The zero-order valence-electron chi connectivity index (χ0n) is 11.7. The lowest BCUT2D eigenvalue weighted by molar-refractivity contribution is 0.0688. The van der Waals surface area contributed by atoms with Gasteiger partial charge in [-0.1, -0.05) is 6.07 Å². The maximum atomic E-state index is 12.7. The Bertz CT molecular complexity index is 504. The first-order chi connectivity index (χ1) is 9.79. The number of fused-ring (bicyclic) bond motifs is 1. The standard InChI is InChI=1S/C15H20N2O3/c1-16-11-4-3-7-17(10-11)15(18)12-5-2-6-13-14(12)20-9-8-19-13/h2,5-6,11,16H,3-4,7-10H2,1H3. The Hall–Kier alpha value is -1.75. The minimum Gasteiger partial charge on any atom is -0.486 e. The molecule has 0 aromatic heterocycles. The Morgan fingerprint density at radius 1 is 1.35 bits per heavy atom. The Labute approximate surface area is 118 Å². The lowest BCUT2D eigenvalue weighted by atomic mass is 10.0. The fourth-order valence-electron chi connectivity index (χ4n) is 2.81. The molecule has 0 radical (unpaired) electrons. The molecule has 0 saturated carbocycles. The van der Waals surface area contributed by atoms with Gasteiger partial charge in [-0.2, -0.15) is 0 Å². The van der Waals surface area contributed by atoms with Crippen molar-refractivity contribution < 1.29 is 14.3 Å². The van der Waals surface area contributed by atoms with Gasteiger partial charge in [-0.05, 0) is 32.0 Å². The van der Waals surface area contributed by atoms with Crippen LogP contribution in [-0.4, -0.2) is 50.2 Å². The summed E-state index contributed by atoms with van der Waals surface area (Å²) in [5, 5.41) is 3.25. The highest BCUT2D eigenvalue weighted by Gasteiger charge is 2.27. The van der Waals surface area contributed by atoms with E-state index in [0.717, 1.165) is 25.9 Å². The van der Waals surface area contributed by atoms with Gasteiger partial charge in [0.2, 0.25) is 0 Å². The molecular formula is C15H20N2O3. The van der Waals surface area contributed by atoms with Gasteiger partial charge < -0.3 is 19.7 Å². The molecule has 0 aliphatic carbocycles. The van der Waals surface area contributed by atoms with E-state index in [4.69, 9.17) is 9.47 Å². The molecule has 1 unspecified atom stereocenters. The molecule has 1 amide bonds. The van der Waals surface area contributed by atoms with E-state index >= 15 is 0 Å². The third kappa shape index (κ3) is 2.45. The predicted octanol–water partition coefficient (Wildman–Crippen LogP) is 1.28. The number of likely N-dealkylation sites (N-methyl/N-ethyl adjacent to an activating group) is 1. The number of amides is 1. The lowest BCUT2D eigenvalue weighted by Crippen LogP contribution is -2.47. The van der Waals surface area contributed by atoms with Crippen molar-refractivity contribution in [1.82, 2.24) is 10.2 Å². The highest BCUT2D eigenvalue weighted by Crippen LogP contribution is 2.34. The lowest BCUT2D eigenvalue weighted by Gasteiger charge is -2.33. The minimum absolute atomic E-state index is 0.0345. The van der Waals surface area contributed by atoms with Gasteiger partial charge in [0.25, 0.3) is 5.91 Å². The van der Waals surface area contributed by atoms with Crippen LogP contribution in [-0.2, 0) is 0 Å². The summed E-state index contributed by atoms with van der Waals surface area (Å²) in [4.78, 5) is 14.6. The van der Waals surface area contributed by atoms with Crippen LogP contribution in [0.5, 0.6) is 11.5 Å². The molecular weight excluding hydrogens is 256 g/mol. The number of nitrogens with one attached hydrogen (secondary N) is 1. The number of nitrogens with zero attached hydrogens (tertiary/aromatic N) is 1. The number of hydrogen-bond acceptors (Lipinski definition) is 4. The minimum atomic E-state index is 0.0345. The van der Waals surface area contributed by atoms with Gasteiger partial charge in [-0.25, -0.2) is 0 Å². The molecule has 2 aliphatic rings. The molecule has 1 aromatic rings. The van der Waals surface area contributed by atoms with E-state index in [9.17, 15) is 4.79 Å². The van der Waals surface area contributed by atoms with E-state index in [1.54, 1.807) is 0 Å². The molecule has 3 rings (SSSR count). The normalized spacial score (nSPS) is 21.6. The number of hydrogen-bond donors (Lipinski definition) is 1. The second-order valence-corrected chi connectivity index (χ2v) is 5.21. The molecule has 5 heteroatoms. The SMILES string of the molecule is CNC1CCCN(C(=O)c2cccc3c2OCCO3)C1. The summed E-state index contributed by atoms with van der Waals surface area (Å²) in [5.41, 5.74) is 0.610. The van der Waals surface area contributed by atoms with Crippen molar-refractivity contribution in [3.05, 3.63) is 23.8 Å². The Morgan fingerprint density at radius 3 is 3.05 bits per heavy atom. The molecule has 2 heterocycles. The molecule has 1 saturated heterocycles. The van der Waals surface area contributed by atoms with Crippen LogP contribution in [0.4, 0.5) is 0 Å². The third-order valence-corrected chi connectivity index (χ3v) is 3.91. The number of rotatable bonds is 2. The number of benzene rings is 1. The zero-order chi connectivity index (χ0) is 13.9. The maximum absolute atomic E-state index is 12.7. The quantitative estimate of drug-likeness (QED) is 0.884. The number of likely N-dealkylation sites (tertiary alicyclic amines) is 1. The van der Waals surface area contributed by atoms with Crippen LogP contribution in [0.2, 0.25) is 0 Å². The number of carbonyl (C=O) groups is 1. The third-order valence-electron chi connectivity index (χ3n) is 3.91. The van der Waals surface area contributed by atoms with Crippen LogP contribution < -0.4 is 14.8 Å². The van der Waals surface area contributed by atoms with Crippen LogP contribution >= 0.6 is 0 Å². The molecule has 2 aliphatic heterocycles. The highest BCUT2D eigenvalue weighted by molar-refractivity contribution is 5.98. The Kier molecular flexibility index (Phi) is 3.78. The predicted molar refractivity (Wildman–Crippen MR) is 75.4 cm³/mol. The summed E-state index contributed by atoms with van der Waals surface area (Å²) >= 11 is 0. The van der Waals surface area contributed by atoms with Crippen LogP contribution in [0.1, 0.15) is 23.2 Å². The zero-order valence-corrected chi connectivity index (χ0v) is 11.7. The van der Waals surface area contributed by atoms with Crippen molar-refractivity contribution in [3.63, 3.8) is 0 Å². The van der Waals surface area contributed by atoms with Gasteiger partial charge in [-0.3, -0.25) is 4.79 Å². The second-order valence-electron chi connectivity index (χ2n) is 5.21. The highest BCUT2D eigenvalue weighted by atomic mass is 16.6. The average molecular weight is 276 g/mol. The van der Waals surface area contributed by atoms with E-state index < -0.39 is 0 Å². The van der Waals surface area contributed by atoms with E-state index in [-0.39, 0.29) is 5.91 Å². The van der Waals surface area contributed by atoms with Crippen molar-refractivity contribution in [3.8, 4) is 11.5 Å². The number of para-hydroxylation sites is 1. The van der Waals surface area contributed by atoms with Crippen molar-refractivity contribution in [2.45, 2.75) is 18.9 Å². The fraction of sp³-hybridized carbons (Fsp3) is 0.533. The van der Waals surface area contributed by atoms with Crippen molar-refractivity contribution in [1.29, 1.82) is 0 Å². The second kappa shape index (κ2) is 5.71. The van der Waals surface area contributed by atoms with E-state index in [2.05, 4.69) is 5.32 Å². The van der Waals surface area contributed by atoms with Crippen LogP contribution in [0.25, 0.3) is 0 Å². The van der Waals surface area contributed by atoms with Crippen LogP contribution in [0.3, 0.4) is 0 Å². The maximum Gasteiger partial charge on any atom is 0.257 e. The van der Waals surface area contributed by atoms with Crippen LogP contribution in [0.15, 0.2) is 18.2 Å². The Balaban J connectivity index is 1.83. The summed E-state index contributed by atoms with van der Waals surface area (Å²) in [6.45, 7) is 2.59. The fourth-order valence-corrected chi connectivity index (χ4v) is 2.81. The summed E-state index contributed by atoms with van der Waals surface area (Å²) in [7, 11) is 1.94. The molecule has 20 heavy (non-hydrogen) atoms. The van der Waals surface area contributed by atoms with E-state index in [0.29, 0.717) is 36.3 Å². The van der Waals surface area contributed by atoms with Gasteiger partial charge in [-0.15, -0.1) is 0 Å². The largest absolute Gasteiger partial charge is 0.486 e. The molecule has 1 aromatic carbocycles. The van der Waals surface area contributed by atoms with Gasteiger partial charge in [0.05, 0.1) is 5.56 Å². The number of piperidine rings is 1. The molecule has 5 nitrogen and oxygen atoms in total. The van der Waals surface area contributed by atoms with E-state index in [1.807, 2.05) is 30.1 Å². The molecule has 0 bridgehead atoms. The topological polar surface area (TPSA) is 50.8 Å². The molecule has 1 fully saturated rings. The first-order valence-electron chi connectivity index (χ1n) is 7.14. The van der Waals surface area contributed by atoms with Gasteiger partial charge in [0.15, 0.2) is 11.5 Å². The Morgan fingerprint density at radius 2 is 2.20 bits per heavy atom.